The molecule has 0 saturated heterocycles. The van der Waals surface area contributed by atoms with E-state index in [1.165, 1.54) is 11.1 Å². The molecule has 1 N–H and O–H groups in total. The van der Waals surface area contributed by atoms with Crippen LogP contribution in [-0.2, 0) is 12.8 Å². The third kappa shape index (κ3) is 1.98. The maximum absolute atomic E-state index is 9.88. The molecule has 0 amide bonds. The summed E-state index contributed by atoms with van der Waals surface area (Å²) < 4.78 is 0. The number of benzene rings is 2. The molecule has 0 saturated carbocycles. The average molecular weight is 249 g/mol. The molecule has 2 aromatic rings. The largest absolute Gasteiger partial charge is 0.508 e. The number of hydrogen-bond donors (Lipinski definition) is 1. The van der Waals surface area contributed by atoms with E-state index >= 15 is 0 Å². The molecule has 2 heteroatoms. The molecule has 0 aliphatic heterocycles. The fourth-order valence-electron chi connectivity index (χ4n) is 2.79. The van der Waals surface area contributed by atoms with Crippen LogP contribution in [0.2, 0.25) is 0 Å². The molecule has 0 unspecified atom stereocenters. The zero-order valence-electron chi connectivity index (χ0n) is 10.9. The van der Waals surface area contributed by atoms with Crippen molar-refractivity contribution in [3.63, 3.8) is 0 Å². The topological polar surface area (TPSA) is 24.6 Å². The summed E-state index contributed by atoms with van der Waals surface area (Å²) in [7, 11) is 0. The molecule has 0 radical (unpaired) electrons. The van der Waals surface area contributed by atoms with Crippen LogP contribution in [0.15, 0.2) is 30.3 Å². The third-order valence-corrected chi connectivity index (χ3v) is 3.85. The van der Waals surface area contributed by atoms with Crippen LogP contribution < -0.4 is 0 Å². The average Bonchev–Trinajstić information content (AvgIpc) is 2.89. The molecule has 94 valence electrons. The number of hydrogen-bond acceptors (Lipinski definition) is 1. The predicted octanol–water partition coefficient (Wildman–Crippen LogP) is 4.41. The first-order chi connectivity index (χ1) is 9.19. The monoisotopic (exact) mass is 249 g/mol. The summed E-state index contributed by atoms with van der Waals surface area (Å²) in [5, 5.41) is 9.88. The molecule has 19 heavy (non-hydrogen) atoms. The Kier molecular flexibility index (Phi) is 2.76. The second kappa shape index (κ2) is 4.44. The lowest BCUT2D eigenvalue weighted by Crippen LogP contribution is -1.89. The number of aryl methyl sites for hydroxylation is 2. The van der Waals surface area contributed by atoms with E-state index in [1.807, 2.05) is 31.2 Å². The Morgan fingerprint density at radius 1 is 1.16 bits per heavy atom. The van der Waals surface area contributed by atoms with Gasteiger partial charge >= 0.3 is 0 Å². The van der Waals surface area contributed by atoms with Crippen LogP contribution >= 0.6 is 0 Å². The minimum atomic E-state index is 0.317. The highest BCUT2D eigenvalue weighted by Crippen LogP contribution is 2.37. The highest BCUT2D eigenvalue weighted by Gasteiger charge is 2.17. The standard InChI is InChI=1S/C17H15NO/c1-11-6-7-13(9-17(11)19)16-10-14(18-2)8-12-4-3-5-15(12)16/h6-10,19H,3-5H2,1H3. The molecule has 0 bridgehead atoms. The Bertz CT molecular complexity index is 695. The highest BCUT2D eigenvalue weighted by atomic mass is 16.3. The minimum absolute atomic E-state index is 0.317. The Hall–Kier alpha value is -2.27. The zero-order chi connectivity index (χ0) is 13.4. The van der Waals surface area contributed by atoms with E-state index in [-0.39, 0.29) is 0 Å². The van der Waals surface area contributed by atoms with E-state index in [0.29, 0.717) is 11.4 Å². The van der Waals surface area contributed by atoms with Crippen LogP contribution in [0.1, 0.15) is 23.1 Å². The van der Waals surface area contributed by atoms with Gasteiger partial charge in [0.25, 0.3) is 0 Å². The first-order valence-corrected chi connectivity index (χ1v) is 6.52. The Morgan fingerprint density at radius 3 is 2.74 bits per heavy atom. The summed E-state index contributed by atoms with van der Waals surface area (Å²) >= 11 is 0. The minimum Gasteiger partial charge on any atom is -0.508 e. The van der Waals surface area contributed by atoms with Gasteiger partial charge in [-0.2, -0.15) is 0 Å². The van der Waals surface area contributed by atoms with E-state index < -0.39 is 0 Å². The van der Waals surface area contributed by atoms with E-state index in [0.717, 1.165) is 36.0 Å². The normalized spacial score (nSPS) is 13.1. The van der Waals surface area contributed by atoms with Gasteiger partial charge in [-0.05, 0) is 60.6 Å². The SMILES string of the molecule is [C-]#[N+]c1cc2c(c(-c3ccc(C)c(O)c3)c1)CCC2. The Balaban J connectivity index is 2.22. The van der Waals surface area contributed by atoms with Crippen molar-refractivity contribution in [2.24, 2.45) is 0 Å². The van der Waals surface area contributed by atoms with E-state index in [1.54, 1.807) is 6.07 Å². The fraction of sp³-hybridized carbons (Fsp3) is 0.235. The van der Waals surface area contributed by atoms with Crippen LogP contribution in [0.3, 0.4) is 0 Å². The lowest BCUT2D eigenvalue weighted by molar-refractivity contribution is 0.471. The van der Waals surface area contributed by atoms with Gasteiger partial charge in [-0.25, -0.2) is 4.85 Å². The molecule has 1 aliphatic carbocycles. The van der Waals surface area contributed by atoms with E-state index in [4.69, 9.17) is 6.57 Å². The van der Waals surface area contributed by atoms with Gasteiger partial charge in [-0.15, -0.1) is 0 Å². The van der Waals surface area contributed by atoms with Gasteiger partial charge in [0.2, 0.25) is 0 Å². The van der Waals surface area contributed by atoms with Gasteiger partial charge in [0.05, 0.1) is 6.57 Å². The van der Waals surface area contributed by atoms with Crippen molar-refractivity contribution >= 4 is 5.69 Å². The van der Waals surface area contributed by atoms with Crippen LogP contribution in [-0.4, -0.2) is 5.11 Å². The quantitative estimate of drug-likeness (QED) is 0.744. The van der Waals surface area contributed by atoms with Crippen LogP contribution in [0.25, 0.3) is 16.0 Å². The smallest absolute Gasteiger partial charge is 0.188 e. The molecule has 1 aliphatic rings. The second-order valence-electron chi connectivity index (χ2n) is 5.10. The lowest BCUT2D eigenvalue weighted by Gasteiger charge is -2.11. The number of phenols is 1. The van der Waals surface area contributed by atoms with Gasteiger partial charge in [0, 0.05) is 0 Å². The van der Waals surface area contributed by atoms with Crippen molar-refractivity contribution in [3.8, 4) is 16.9 Å². The maximum atomic E-state index is 9.88. The van der Waals surface area contributed by atoms with Crippen molar-refractivity contribution in [2.75, 3.05) is 0 Å². The van der Waals surface area contributed by atoms with Gasteiger partial charge in [-0.3, -0.25) is 0 Å². The summed E-state index contributed by atoms with van der Waals surface area (Å²) in [5.74, 6) is 0.317. The van der Waals surface area contributed by atoms with Crippen LogP contribution in [0, 0.1) is 13.5 Å². The molecule has 3 rings (SSSR count). The second-order valence-corrected chi connectivity index (χ2v) is 5.10. The number of fused-ring (bicyclic) bond motifs is 1. The summed E-state index contributed by atoms with van der Waals surface area (Å²) in [6.07, 6.45) is 3.28. The first-order valence-electron chi connectivity index (χ1n) is 6.52. The molecule has 0 aromatic heterocycles. The van der Waals surface area contributed by atoms with E-state index in [2.05, 4.69) is 4.85 Å². The van der Waals surface area contributed by atoms with Crippen LogP contribution in [0.4, 0.5) is 5.69 Å². The molecule has 0 fully saturated rings. The van der Waals surface area contributed by atoms with Gasteiger partial charge in [0.15, 0.2) is 5.69 Å². The number of nitrogens with zero attached hydrogens (tertiary/aromatic N) is 1. The third-order valence-electron chi connectivity index (χ3n) is 3.85. The predicted molar refractivity (Wildman–Crippen MR) is 76.6 cm³/mol. The van der Waals surface area contributed by atoms with Gasteiger partial charge in [-0.1, -0.05) is 23.8 Å². The van der Waals surface area contributed by atoms with Crippen molar-refractivity contribution < 1.29 is 5.11 Å². The Morgan fingerprint density at radius 2 is 2.00 bits per heavy atom. The molecule has 2 nitrogen and oxygen atoms in total. The molecule has 2 aromatic carbocycles. The van der Waals surface area contributed by atoms with Gasteiger partial charge < -0.3 is 5.11 Å². The molecule has 0 spiro atoms. The first kappa shape index (κ1) is 11.8. The highest BCUT2D eigenvalue weighted by molar-refractivity contribution is 5.75. The zero-order valence-corrected chi connectivity index (χ0v) is 10.9. The maximum Gasteiger partial charge on any atom is 0.188 e. The van der Waals surface area contributed by atoms with Gasteiger partial charge in [0.1, 0.15) is 5.75 Å². The molecule has 0 atom stereocenters. The fourth-order valence-corrected chi connectivity index (χ4v) is 2.79. The van der Waals surface area contributed by atoms with Crippen molar-refractivity contribution in [2.45, 2.75) is 26.2 Å². The Labute approximate surface area is 113 Å². The number of aromatic hydroxyl groups is 1. The van der Waals surface area contributed by atoms with E-state index in [9.17, 15) is 5.11 Å². The number of rotatable bonds is 1. The molecular formula is C17H15NO. The van der Waals surface area contributed by atoms with Crippen molar-refractivity contribution in [1.82, 2.24) is 0 Å². The van der Waals surface area contributed by atoms with Crippen molar-refractivity contribution in [3.05, 3.63) is 58.4 Å². The van der Waals surface area contributed by atoms with Crippen LogP contribution in [0.5, 0.6) is 5.75 Å². The molecular weight excluding hydrogens is 234 g/mol. The summed E-state index contributed by atoms with van der Waals surface area (Å²) in [4.78, 5) is 3.56. The van der Waals surface area contributed by atoms with Crippen molar-refractivity contribution in [1.29, 1.82) is 0 Å². The lowest BCUT2D eigenvalue weighted by atomic mass is 9.95. The molecule has 0 heterocycles. The summed E-state index contributed by atoms with van der Waals surface area (Å²) in [5.41, 5.74) is 6.32. The summed E-state index contributed by atoms with van der Waals surface area (Å²) in [6.45, 7) is 9.11. The summed E-state index contributed by atoms with van der Waals surface area (Å²) in [6, 6.07) is 9.71. The number of phenolic OH excluding ortho intramolecular Hbond substituents is 1.